The maximum atomic E-state index is 11.8. The van der Waals surface area contributed by atoms with Gasteiger partial charge in [0.2, 0.25) is 0 Å². The van der Waals surface area contributed by atoms with Gasteiger partial charge in [-0.05, 0) is 0 Å². The summed E-state index contributed by atoms with van der Waals surface area (Å²) in [7, 11) is 0. The number of aromatic carboxylic acids is 1. The van der Waals surface area contributed by atoms with Crippen molar-refractivity contribution in [3.63, 3.8) is 0 Å². The van der Waals surface area contributed by atoms with E-state index >= 15 is 0 Å². The lowest BCUT2D eigenvalue weighted by Gasteiger charge is -2.04. The van der Waals surface area contributed by atoms with Gasteiger partial charge in [-0.2, -0.15) is 18.3 Å². The van der Waals surface area contributed by atoms with Gasteiger partial charge in [0, 0.05) is 6.20 Å². The molecule has 15 heavy (non-hydrogen) atoms. The van der Waals surface area contributed by atoms with E-state index in [9.17, 15) is 22.8 Å². The largest absolute Gasteiger partial charge is 0.478 e. The quantitative estimate of drug-likeness (QED) is 0.817. The van der Waals surface area contributed by atoms with Crippen molar-refractivity contribution in [2.45, 2.75) is 12.7 Å². The zero-order valence-corrected chi connectivity index (χ0v) is 7.15. The molecule has 0 saturated carbocycles. The summed E-state index contributed by atoms with van der Waals surface area (Å²) in [4.78, 5) is 20.8. The predicted molar refractivity (Wildman–Crippen MR) is 40.2 cm³/mol. The van der Waals surface area contributed by atoms with Crippen molar-refractivity contribution in [3.05, 3.63) is 18.0 Å². The van der Waals surface area contributed by atoms with Gasteiger partial charge in [0.25, 0.3) is 5.78 Å². The molecule has 0 spiro atoms. The highest BCUT2D eigenvalue weighted by Gasteiger charge is 2.38. The Balaban J connectivity index is 2.74. The highest BCUT2D eigenvalue weighted by atomic mass is 19.4. The van der Waals surface area contributed by atoms with E-state index in [1.165, 1.54) is 0 Å². The Kier molecular flexibility index (Phi) is 2.78. The lowest BCUT2D eigenvalue weighted by molar-refractivity contribution is -0.171. The maximum absolute atomic E-state index is 11.8. The number of aromatic nitrogens is 2. The molecule has 0 aliphatic carbocycles. The van der Waals surface area contributed by atoms with E-state index in [2.05, 4.69) is 5.10 Å². The molecule has 1 aromatic heterocycles. The van der Waals surface area contributed by atoms with Crippen LogP contribution in [-0.2, 0) is 11.3 Å². The van der Waals surface area contributed by atoms with Gasteiger partial charge in [0.15, 0.2) is 0 Å². The zero-order valence-electron chi connectivity index (χ0n) is 7.15. The number of alkyl halides is 3. The number of hydrogen-bond acceptors (Lipinski definition) is 3. The summed E-state index contributed by atoms with van der Waals surface area (Å²) in [5.74, 6) is -3.30. The van der Waals surface area contributed by atoms with Crippen molar-refractivity contribution in [2.75, 3.05) is 0 Å². The van der Waals surface area contributed by atoms with E-state index in [1.54, 1.807) is 0 Å². The summed E-state index contributed by atoms with van der Waals surface area (Å²) in [5.41, 5.74) is -0.273. The van der Waals surface area contributed by atoms with E-state index in [4.69, 9.17) is 5.11 Å². The first-order chi connectivity index (χ1) is 6.80. The Hall–Kier alpha value is -1.86. The Labute approximate surface area is 81.1 Å². The van der Waals surface area contributed by atoms with Crippen molar-refractivity contribution in [1.29, 1.82) is 0 Å². The van der Waals surface area contributed by atoms with Crippen molar-refractivity contribution in [3.8, 4) is 0 Å². The Morgan fingerprint density at radius 1 is 1.47 bits per heavy atom. The molecule has 0 fully saturated rings. The van der Waals surface area contributed by atoms with Crippen LogP contribution in [0.3, 0.4) is 0 Å². The molecule has 0 aliphatic rings. The van der Waals surface area contributed by atoms with Crippen LogP contribution in [0.2, 0.25) is 0 Å². The number of rotatable bonds is 3. The highest BCUT2D eigenvalue weighted by Crippen LogP contribution is 2.16. The van der Waals surface area contributed by atoms with E-state index in [0.29, 0.717) is 4.68 Å². The van der Waals surface area contributed by atoms with Crippen LogP contribution in [0, 0.1) is 0 Å². The normalized spacial score (nSPS) is 11.4. The second-order valence-corrected chi connectivity index (χ2v) is 2.65. The molecular formula is C7H5F3N2O3. The first-order valence-corrected chi connectivity index (χ1v) is 3.66. The van der Waals surface area contributed by atoms with Crippen LogP contribution in [0.15, 0.2) is 12.4 Å². The van der Waals surface area contributed by atoms with Crippen molar-refractivity contribution in [2.24, 2.45) is 0 Å². The second kappa shape index (κ2) is 3.71. The number of carbonyl (C=O) groups excluding carboxylic acids is 1. The van der Waals surface area contributed by atoms with Gasteiger partial charge >= 0.3 is 12.1 Å². The van der Waals surface area contributed by atoms with Gasteiger partial charge in [0.05, 0.1) is 11.8 Å². The molecule has 0 radical (unpaired) electrons. The zero-order chi connectivity index (χ0) is 11.6. The van der Waals surface area contributed by atoms with Crippen LogP contribution in [-0.4, -0.2) is 32.8 Å². The first-order valence-electron chi connectivity index (χ1n) is 3.66. The lowest BCUT2D eigenvalue weighted by atomic mass is 10.3. The average molecular weight is 222 g/mol. The van der Waals surface area contributed by atoms with Crippen LogP contribution >= 0.6 is 0 Å². The maximum Gasteiger partial charge on any atom is 0.451 e. The fourth-order valence-corrected chi connectivity index (χ4v) is 0.797. The molecule has 0 unspecified atom stereocenters. The number of carboxylic acid groups (broad SMARTS) is 1. The molecule has 0 amide bonds. The fraction of sp³-hybridized carbons (Fsp3) is 0.286. The minimum absolute atomic E-state index is 0.273. The molecular weight excluding hydrogens is 217 g/mol. The van der Waals surface area contributed by atoms with Crippen LogP contribution in [0.25, 0.3) is 0 Å². The minimum Gasteiger partial charge on any atom is -0.478 e. The summed E-state index contributed by atoms with van der Waals surface area (Å²) >= 11 is 0. The predicted octanol–water partition coefficient (Wildman–Crippen LogP) is 0.713. The van der Waals surface area contributed by atoms with Crippen LogP contribution in [0.1, 0.15) is 10.4 Å². The summed E-state index contributed by atoms with van der Waals surface area (Å²) in [6.45, 7) is -1.02. The average Bonchev–Trinajstić information content (AvgIpc) is 2.50. The molecule has 1 N–H and O–H groups in total. The third-order valence-corrected chi connectivity index (χ3v) is 1.50. The van der Waals surface area contributed by atoms with Gasteiger partial charge in [-0.15, -0.1) is 0 Å². The molecule has 82 valence electrons. The molecule has 0 aromatic carbocycles. The number of Topliss-reactive ketones (excluding diaryl/α,β-unsaturated/α-hetero) is 1. The highest BCUT2D eigenvalue weighted by molar-refractivity contribution is 5.87. The van der Waals surface area contributed by atoms with Gasteiger partial charge in [-0.25, -0.2) is 4.79 Å². The number of nitrogens with zero attached hydrogens (tertiary/aromatic N) is 2. The van der Waals surface area contributed by atoms with E-state index in [0.717, 1.165) is 12.4 Å². The molecule has 1 aromatic rings. The Morgan fingerprint density at radius 2 is 2.07 bits per heavy atom. The van der Waals surface area contributed by atoms with Crippen LogP contribution < -0.4 is 0 Å². The SMILES string of the molecule is O=C(O)c1cnn(CC(=O)C(F)(F)F)c1. The van der Waals surface area contributed by atoms with E-state index in [-0.39, 0.29) is 5.56 Å². The van der Waals surface area contributed by atoms with Crippen LogP contribution in [0.4, 0.5) is 13.2 Å². The van der Waals surface area contributed by atoms with Crippen LogP contribution in [0.5, 0.6) is 0 Å². The first kappa shape index (κ1) is 11.2. The van der Waals surface area contributed by atoms with Crippen molar-refractivity contribution < 1.29 is 27.9 Å². The minimum atomic E-state index is -4.94. The Morgan fingerprint density at radius 3 is 2.47 bits per heavy atom. The van der Waals surface area contributed by atoms with E-state index < -0.39 is 24.5 Å². The summed E-state index contributed by atoms with van der Waals surface area (Å²) in [6.07, 6.45) is -3.21. The Bertz CT molecular complexity index is 396. The topological polar surface area (TPSA) is 72.2 Å². The smallest absolute Gasteiger partial charge is 0.451 e. The number of ketones is 1. The van der Waals surface area contributed by atoms with Gasteiger partial charge in [0.1, 0.15) is 6.54 Å². The second-order valence-electron chi connectivity index (χ2n) is 2.65. The molecule has 1 rings (SSSR count). The summed E-state index contributed by atoms with van der Waals surface area (Å²) in [6, 6.07) is 0. The molecule has 5 nitrogen and oxygen atoms in total. The summed E-state index contributed by atoms with van der Waals surface area (Å²) < 4.78 is 36.0. The monoisotopic (exact) mass is 222 g/mol. The number of halogens is 3. The molecule has 8 heteroatoms. The van der Waals surface area contributed by atoms with Gasteiger partial charge in [-0.1, -0.05) is 0 Å². The number of hydrogen-bond donors (Lipinski definition) is 1. The third kappa shape index (κ3) is 2.79. The fourth-order valence-electron chi connectivity index (χ4n) is 0.797. The number of carbonyl (C=O) groups is 2. The molecule has 0 bridgehead atoms. The van der Waals surface area contributed by atoms with Crippen molar-refractivity contribution in [1.82, 2.24) is 9.78 Å². The molecule has 0 aliphatic heterocycles. The van der Waals surface area contributed by atoms with Crippen molar-refractivity contribution >= 4 is 11.8 Å². The van der Waals surface area contributed by atoms with E-state index in [1.807, 2.05) is 0 Å². The lowest BCUT2D eigenvalue weighted by Crippen LogP contribution is -2.27. The summed E-state index contributed by atoms with van der Waals surface area (Å²) in [5, 5.41) is 11.7. The number of carboxylic acids is 1. The standard InChI is InChI=1S/C7H5F3N2O3/c8-7(9,10)5(13)3-12-2-4(1-11-12)6(14)15/h1-2H,3H2,(H,14,15). The molecule has 0 atom stereocenters. The van der Waals surface area contributed by atoms with Gasteiger partial charge in [-0.3, -0.25) is 9.48 Å². The third-order valence-electron chi connectivity index (χ3n) is 1.50. The molecule has 1 heterocycles. The van der Waals surface area contributed by atoms with Gasteiger partial charge < -0.3 is 5.11 Å². The molecule has 0 saturated heterocycles.